The Balaban J connectivity index is 2.12. The average Bonchev–Trinajstić information content (AvgIpc) is 2.74. The van der Waals surface area contributed by atoms with Gasteiger partial charge in [-0.25, -0.2) is 0 Å². The summed E-state index contributed by atoms with van der Waals surface area (Å²) in [5, 5.41) is 17.0. The molecule has 8 nitrogen and oxygen atoms in total. The van der Waals surface area contributed by atoms with Crippen LogP contribution in [0.25, 0.3) is 0 Å². The van der Waals surface area contributed by atoms with Crippen LogP contribution in [0.15, 0.2) is 10.6 Å². The number of anilines is 1. The minimum atomic E-state index is -0.972. The Bertz CT molecular complexity index is 488. The molecule has 0 saturated carbocycles. The summed E-state index contributed by atoms with van der Waals surface area (Å²) in [4.78, 5) is 33.0. The number of carboxylic acid groups (broad SMARTS) is 1. The van der Waals surface area contributed by atoms with E-state index < -0.39 is 5.97 Å². The summed E-state index contributed by atoms with van der Waals surface area (Å²) in [6.07, 6.45) is -0.123. The molecule has 0 radical (unpaired) electrons. The Labute approximate surface area is 119 Å². The molecule has 0 atom stereocenters. The van der Waals surface area contributed by atoms with E-state index >= 15 is 0 Å². The molecule has 0 spiro atoms. The van der Waals surface area contributed by atoms with E-state index in [1.165, 1.54) is 0 Å². The van der Waals surface area contributed by atoms with E-state index in [4.69, 9.17) is 9.63 Å². The first-order valence-corrected chi connectivity index (χ1v) is 6.92. The second kappa shape index (κ2) is 8.20. The topological polar surface area (TPSA) is 122 Å². The Morgan fingerprint density at radius 1 is 1.35 bits per heavy atom. The highest BCUT2D eigenvalue weighted by Gasteiger charge is 2.08. The van der Waals surface area contributed by atoms with Crippen molar-refractivity contribution in [2.24, 2.45) is 0 Å². The fourth-order valence-corrected chi connectivity index (χ4v) is 1.85. The second-order valence-corrected chi connectivity index (χ2v) is 4.84. The number of rotatable bonds is 8. The lowest BCUT2D eigenvalue weighted by Gasteiger charge is -2.03. The van der Waals surface area contributed by atoms with E-state index in [1.807, 2.05) is 0 Å². The maximum atomic E-state index is 11.5. The number of hydrogen-bond donors (Lipinski definition) is 3. The van der Waals surface area contributed by atoms with Crippen LogP contribution in [0, 0.1) is 6.92 Å². The normalized spacial score (nSPS) is 10.1. The molecule has 1 aromatic heterocycles. The van der Waals surface area contributed by atoms with E-state index in [-0.39, 0.29) is 36.3 Å². The van der Waals surface area contributed by atoms with Crippen molar-refractivity contribution < 1.29 is 24.0 Å². The first-order chi connectivity index (χ1) is 9.47. The molecule has 9 heteroatoms. The molecule has 0 aliphatic heterocycles. The maximum absolute atomic E-state index is 11.5. The van der Waals surface area contributed by atoms with Crippen molar-refractivity contribution in [2.75, 3.05) is 23.4 Å². The van der Waals surface area contributed by atoms with Gasteiger partial charge in [-0.3, -0.25) is 14.4 Å². The lowest BCUT2D eigenvalue weighted by atomic mass is 10.4. The zero-order valence-corrected chi connectivity index (χ0v) is 11.7. The fourth-order valence-electron chi connectivity index (χ4n) is 1.20. The highest BCUT2D eigenvalue weighted by molar-refractivity contribution is 8.00. The predicted octanol–water partition coefficient (Wildman–Crippen LogP) is 0.246. The van der Waals surface area contributed by atoms with Crippen LogP contribution < -0.4 is 10.6 Å². The van der Waals surface area contributed by atoms with Crippen molar-refractivity contribution in [2.45, 2.75) is 13.3 Å². The monoisotopic (exact) mass is 301 g/mol. The summed E-state index contributed by atoms with van der Waals surface area (Å²) in [7, 11) is 0. The number of carbonyl (C=O) groups excluding carboxylic acids is 2. The highest BCUT2D eigenvalue weighted by atomic mass is 32.2. The molecule has 110 valence electrons. The van der Waals surface area contributed by atoms with Gasteiger partial charge in [-0.15, -0.1) is 11.8 Å². The van der Waals surface area contributed by atoms with E-state index in [0.29, 0.717) is 11.6 Å². The Morgan fingerprint density at radius 3 is 2.65 bits per heavy atom. The van der Waals surface area contributed by atoms with Crippen LogP contribution in [0.2, 0.25) is 0 Å². The van der Waals surface area contributed by atoms with Crippen LogP contribution in [0.3, 0.4) is 0 Å². The Kier molecular flexibility index (Phi) is 6.57. The number of amides is 2. The molecule has 0 aliphatic rings. The molecule has 0 bridgehead atoms. The largest absolute Gasteiger partial charge is 0.481 e. The molecular weight excluding hydrogens is 286 g/mol. The molecule has 3 N–H and O–H groups in total. The Hall–Kier alpha value is -2.03. The van der Waals surface area contributed by atoms with Crippen LogP contribution in [-0.2, 0) is 14.4 Å². The first-order valence-electron chi connectivity index (χ1n) is 5.77. The van der Waals surface area contributed by atoms with Gasteiger partial charge in [0.1, 0.15) is 5.76 Å². The van der Waals surface area contributed by atoms with Crippen molar-refractivity contribution in [3.05, 3.63) is 11.8 Å². The number of aliphatic carboxylic acids is 1. The van der Waals surface area contributed by atoms with E-state index in [0.717, 1.165) is 11.8 Å². The van der Waals surface area contributed by atoms with E-state index in [2.05, 4.69) is 15.8 Å². The molecule has 0 aliphatic carbocycles. The van der Waals surface area contributed by atoms with Gasteiger partial charge >= 0.3 is 5.97 Å². The summed E-state index contributed by atoms with van der Waals surface area (Å²) >= 11 is 1.12. The lowest BCUT2D eigenvalue weighted by molar-refractivity contribution is -0.136. The summed E-state index contributed by atoms with van der Waals surface area (Å²) < 4.78 is 4.79. The number of aryl methyl sites for hydroxylation is 1. The number of nitrogens with zero attached hydrogens (tertiary/aromatic N) is 1. The van der Waals surface area contributed by atoms with Gasteiger partial charge in [0.05, 0.1) is 17.9 Å². The van der Waals surface area contributed by atoms with Crippen molar-refractivity contribution in [1.29, 1.82) is 0 Å². The van der Waals surface area contributed by atoms with Gasteiger partial charge in [0.2, 0.25) is 11.8 Å². The third kappa shape index (κ3) is 6.78. The third-order valence-electron chi connectivity index (χ3n) is 2.02. The number of carbonyl (C=O) groups is 3. The number of nitrogens with one attached hydrogen (secondary N) is 2. The van der Waals surface area contributed by atoms with Gasteiger partial charge in [0.15, 0.2) is 5.82 Å². The summed E-state index contributed by atoms with van der Waals surface area (Å²) in [5.41, 5.74) is 0. The SMILES string of the molecule is Cc1cc(NC(=O)CSCC(=O)NCCC(=O)O)no1. The molecule has 0 saturated heterocycles. The average molecular weight is 301 g/mol. The summed E-state index contributed by atoms with van der Waals surface area (Å²) in [6.45, 7) is 1.79. The van der Waals surface area contributed by atoms with Gasteiger partial charge < -0.3 is 20.3 Å². The van der Waals surface area contributed by atoms with Crippen molar-refractivity contribution in [3.8, 4) is 0 Å². The van der Waals surface area contributed by atoms with Gasteiger partial charge in [0, 0.05) is 12.6 Å². The minimum absolute atomic E-state index is 0.0825. The van der Waals surface area contributed by atoms with Crippen molar-refractivity contribution in [3.63, 3.8) is 0 Å². The molecule has 1 aromatic rings. The molecule has 0 unspecified atom stereocenters. The second-order valence-electron chi connectivity index (χ2n) is 3.86. The van der Waals surface area contributed by atoms with Crippen LogP contribution in [-0.4, -0.2) is 46.1 Å². The molecule has 20 heavy (non-hydrogen) atoms. The Morgan fingerprint density at radius 2 is 2.05 bits per heavy atom. The fraction of sp³-hybridized carbons (Fsp3) is 0.455. The molecule has 0 aromatic carbocycles. The smallest absolute Gasteiger partial charge is 0.305 e. The molecule has 1 heterocycles. The van der Waals surface area contributed by atoms with E-state index in [1.54, 1.807) is 13.0 Å². The third-order valence-corrected chi connectivity index (χ3v) is 2.96. The van der Waals surface area contributed by atoms with Crippen molar-refractivity contribution >= 4 is 35.4 Å². The molecular formula is C11H15N3O5S. The maximum Gasteiger partial charge on any atom is 0.305 e. The molecule has 2 amide bonds. The standard InChI is InChI=1S/C11H15N3O5S/c1-7-4-8(14-19-7)13-10(16)6-20-5-9(15)12-3-2-11(17)18/h4H,2-3,5-6H2,1H3,(H,12,15)(H,17,18)(H,13,14,16). The predicted molar refractivity (Wildman–Crippen MR) is 72.5 cm³/mol. The van der Waals surface area contributed by atoms with Crippen LogP contribution in [0.5, 0.6) is 0 Å². The van der Waals surface area contributed by atoms with Gasteiger partial charge in [-0.1, -0.05) is 5.16 Å². The van der Waals surface area contributed by atoms with Gasteiger partial charge in [-0.05, 0) is 6.92 Å². The van der Waals surface area contributed by atoms with Crippen LogP contribution in [0.1, 0.15) is 12.2 Å². The van der Waals surface area contributed by atoms with E-state index in [9.17, 15) is 14.4 Å². The highest BCUT2D eigenvalue weighted by Crippen LogP contribution is 2.08. The number of carboxylic acids is 1. The number of thioether (sulfide) groups is 1. The summed E-state index contributed by atoms with van der Waals surface area (Å²) in [5.74, 6) is -0.462. The first kappa shape index (κ1) is 16.0. The van der Waals surface area contributed by atoms with Gasteiger partial charge in [-0.2, -0.15) is 0 Å². The summed E-state index contributed by atoms with van der Waals surface area (Å²) in [6, 6.07) is 1.58. The van der Waals surface area contributed by atoms with Gasteiger partial charge in [0.25, 0.3) is 0 Å². The number of aromatic nitrogens is 1. The quantitative estimate of drug-likeness (QED) is 0.629. The zero-order chi connectivity index (χ0) is 15.0. The molecule has 1 rings (SSSR count). The van der Waals surface area contributed by atoms with Crippen LogP contribution >= 0.6 is 11.8 Å². The molecule has 0 fully saturated rings. The number of hydrogen-bond acceptors (Lipinski definition) is 6. The van der Waals surface area contributed by atoms with Crippen LogP contribution in [0.4, 0.5) is 5.82 Å². The lowest BCUT2D eigenvalue weighted by Crippen LogP contribution is -2.28. The minimum Gasteiger partial charge on any atom is -0.481 e. The zero-order valence-electron chi connectivity index (χ0n) is 10.8. The van der Waals surface area contributed by atoms with Crippen molar-refractivity contribution in [1.82, 2.24) is 10.5 Å².